The second-order valence-electron chi connectivity index (χ2n) is 10.9. The maximum atomic E-state index is 3.49. The van der Waals surface area contributed by atoms with Crippen molar-refractivity contribution in [3.63, 3.8) is 0 Å². The van der Waals surface area contributed by atoms with E-state index >= 15 is 0 Å². The van der Waals surface area contributed by atoms with Crippen LogP contribution in [-0.2, 0) is 0 Å². The van der Waals surface area contributed by atoms with Gasteiger partial charge in [0.1, 0.15) is 0 Å². The van der Waals surface area contributed by atoms with Crippen molar-refractivity contribution >= 4 is 13.1 Å². The van der Waals surface area contributed by atoms with Gasteiger partial charge in [-0.25, -0.2) is 0 Å². The van der Waals surface area contributed by atoms with Crippen LogP contribution in [-0.4, -0.2) is 13.1 Å². The van der Waals surface area contributed by atoms with Crippen LogP contribution in [0.15, 0.2) is 0 Å². The van der Waals surface area contributed by atoms with Crippen LogP contribution in [0.1, 0.15) is 83.1 Å². The third kappa shape index (κ3) is 13.7. The highest BCUT2D eigenvalue weighted by molar-refractivity contribution is 7.06. The summed E-state index contributed by atoms with van der Waals surface area (Å²) in [4.78, 5) is 13.9. The van der Waals surface area contributed by atoms with E-state index in [0.717, 1.165) is 0 Å². The lowest BCUT2D eigenvalue weighted by Gasteiger charge is -2.20. The molecular formula is C24H36Al-. The molecule has 25 heavy (non-hydrogen) atoms. The van der Waals surface area contributed by atoms with E-state index < -0.39 is 13.1 Å². The van der Waals surface area contributed by atoms with Gasteiger partial charge in [-0.3, -0.25) is 0 Å². The summed E-state index contributed by atoms with van der Waals surface area (Å²) in [6, 6.07) is 0. The van der Waals surface area contributed by atoms with Crippen LogP contribution in [0.2, 0.25) is 0 Å². The summed E-state index contributed by atoms with van der Waals surface area (Å²) in [6.07, 6.45) is 0. The SMILES string of the molecule is CC(C)(C)C#[C][Al-]([C]#CC(C)(C)C)([C]#CC(C)(C)C)[C]#CC(C)(C)C. The Hall–Kier alpha value is -1.23. The van der Waals surface area contributed by atoms with Gasteiger partial charge in [0.25, 0.3) is 0 Å². The summed E-state index contributed by atoms with van der Waals surface area (Å²) in [5.41, 5.74) is -0.327. The lowest BCUT2D eigenvalue weighted by Crippen LogP contribution is -2.31. The monoisotopic (exact) mass is 351 g/mol. The van der Waals surface area contributed by atoms with Crippen molar-refractivity contribution in [3.8, 4) is 42.8 Å². The Labute approximate surface area is 160 Å². The molecule has 0 aliphatic rings. The first-order valence-electron chi connectivity index (χ1n) is 9.15. The molecule has 0 nitrogen and oxygen atoms in total. The standard InChI is InChI=1S/4C6H9.Al/c4*1-5-6(2,3)4;/h4*2-4H3;/q;;;;-1. The molecule has 0 bridgehead atoms. The Morgan fingerprint density at radius 2 is 0.520 bits per heavy atom. The van der Waals surface area contributed by atoms with Crippen LogP contribution in [0.5, 0.6) is 0 Å². The van der Waals surface area contributed by atoms with Crippen molar-refractivity contribution in [2.75, 3.05) is 0 Å². The summed E-state index contributed by atoms with van der Waals surface area (Å²) in [7, 11) is 0. The van der Waals surface area contributed by atoms with Gasteiger partial charge in [0.15, 0.2) is 0 Å². The van der Waals surface area contributed by atoms with Crippen LogP contribution in [0.3, 0.4) is 0 Å². The van der Waals surface area contributed by atoms with Gasteiger partial charge in [-0.05, 0) is 83.1 Å². The van der Waals surface area contributed by atoms with Gasteiger partial charge >= 0.3 is 13.1 Å². The predicted octanol–water partition coefficient (Wildman–Crippen LogP) is 5.79. The first-order chi connectivity index (χ1) is 10.8. The molecule has 0 aliphatic carbocycles. The number of hydrogen-bond acceptors (Lipinski definition) is 0. The Morgan fingerprint density at radius 1 is 0.360 bits per heavy atom. The lowest BCUT2D eigenvalue weighted by molar-refractivity contribution is 0.571. The molecule has 0 spiro atoms. The highest BCUT2D eigenvalue weighted by atomic mass is 27.2. The quantitative estimate of drug-likeness (QED) is 0.383. The number of hydrogen-bond donors (Lipinski definition) is 0. The van der Waals surface area contributed by atoms with E-state index in [-0.39, 0.29) is 21.7 Å². The molecule has 0 atom stereocenters. The molecule has 0 heterocycles. The molecule has 0 amide bonds. The molecule has 1 heteroatoms. The lowest BCUT2D eigenvalue weighted by atomic mass is 9.99. The topological polar surface area (TPSA) is 0 Å². The van der Waals surface area contributed by atoms with Crippen molar-refractivity contribution in [1.82, 2.24) is 0 Å². The molecule has 0 saturated carbocycles. The highest BCUT2D eigenvalue weighted by Crippen LogP contribution is 2.16. The molecule has 0 N–H and O–H groups in total. The van der Waals surface area contributed by atoms with Crippen LogP contribution in [0, 0.1) is 64.5 Å². The maximum Gasteiger partial charge on any atom is 0.484 e. The molecule has 0 aromatic heterocycles. The summed E-state index contributed by atoms with van der Waals surface area (Å²) >= 11 is -3.03. The third-order valence-corrected chi connectivity index (χ3v) is 4.96. The first kappa shape index (κ1) is 23.8. The van der Waals surface area contributed by atoms with Crippen LogP contribution < -0.4 is 0 Å². The van der Waals surface area contributed by atoms with Crippen molar-refractivity contribution in [1.29, 1.82) is 0 Å². The fourth-order valence-electron chi connectivity index (χ4n) is 1.52. The third-order valence-electron chi connectivity index (χ3n) is 2.65. The normalized spacial score (nSPS) is 12.3. The zero-order valence-electron chi connectivity index (χ0n) is 18.6. The van der Waals surface area contributed by atoms with Gasteiger partial charge in [-0.2, -0.15) is 23.7 Å². The predicted molar refractivity (Wildman–Crippen MR) is 115 cm³/mol. The average molecular weight is 352 g/mol. The largest absolute Gasteiger partial charge is 0.484 e. The Morgan fingerprint density at radius 3 is 0.640 bits per heavy atom. The average Bonchev–Trinajstić information content (AvgIpc) is 2.33. The van der Waals surface area contributed by atoms with Gasteiger partial charge in [-0.15, -0.1) is 0 Å². The van der Waals surface area contributed by atoms with Gasteiger partial charge in [0.05, 0.1) is 0 Å². The van der Waals surface area contributed by atoms with E-state index in [0.29, 0.717) is 0 Å². The minimum atomic E-state index is -3.03. The molecule has 0 aromatic rings. The minimum Gasteiger partial charge on any atom is -0.311 e. The number of rotatable bonds is 0. The van der Waals surface area contributed by atoms with Crippen molar-refractivity contribution in [3.05, 3.63) is 0 Å². The van der Waals surface area contributed by atoms with E-state index in [2.05, 4.69) is 126 Å². The molecule has 0 fully saturated rings. The molecule has 0 aliphatic heterocycles. The zero-order chi connectivity index (χ0) is 20.2. The molecule has 0 unspecified atom stereocenters. The van der Waals surface area contributed by atoms with Gasteiger partial charge in [0.2, 0.25) is 0 Å². The zero-order valence-corrected chi connectivity index (χ0v) is 19.7. The summed E-state index contributed by atoms with van der Waals surface area (Å²) in [5, 5.41) is 0. The van der Waals surface area contributed by atoms with E-state index in [1.165, 1.54) is 0 Å². The smallest absolute Gasteiger partial charge is 0.311 e. The Balaban J connectivity index is 6.66. The van der Waals surface area contributed by atoms with Crippen molar-refractivity contribution in [2.24, 2.45) is 21.7 Å². The second kappa shape index (κ2) is 7.98. The van der Waals surface area contributed by atoms with Gasteiger partial charge in [0, 0.05) is 21.7 Å². The van der Waals surface area contributed by atoms with Gasteiger partial charge in [-0.1, -0.05) is 0 Å². The molecular weight excluding hydrogens is 315 g/mol. The summed E-state index contributed by atoms with van der Waals surface area (Å²) in [5.74, 6) is 13.6. The fraction of sp³-hybridized carbons (Fsp3) is 0.667. The van der Waals surface area contributed by atoms with Crippen molar-refractivity contribution in [2.45, 2.75) is 83.1 Å². The minimum absolute atomic E-state index is 0.0819. The highest BCUT2D eigenvalue weighted by Gasteiger charge is 2.25. The second-order valence-corrected chi connectivity index (χ2v) is 13.8. The van der Waals surface area contributed by atoms with Gasteiger partial charge < -0.3 is 19.1 Å². The first-order valence-corrected chi connectivity index (χ1v) is 11.5. The van der Waals surface area contributed by atoms with Crippen molar-refractivity contribution < 1.29 is 0 Å². The molecule has 0 saturated heterocycles. The molecule has 0 rings (SSSR count). The molecule has 0 radical (unpaired) electrons. The fourth-order valence-corrected chi connectivity index (χ4v) is 4.55. The maximum absolute atomic E-state index is 3.49. The van der Waals surface area contributed by atoms with Crippen LogP contribution >= 0.6 is 0 Å². The Bertz CT molecular complexity index is 573. The molecule has 136 valence electrons. The van der Waals surface area contributed by atoms with E-state index in [4.69, 9.17) is 0 Å². The van der Waals surface area contributed by atoms with E-state index in [9.17, 15) is 0 Å². The van der Waals surface area contributed by atoms with E-state index in [1.54, 1.807) is 0 Å². The molecule has 0 aromatic carbocycles. The Kier molecular flexibility index (Phi) is 7.59. The summed E-state index contributed by atoms with van der Waals surface area (Å²) < 4.78 is 0. The van der Waals surface area contributed by atoms with Crippen LogP contribution in [0.25, 0.3) is 0 Å². The van der Waals surface area contributed by atoms with Crippen LogP contribution in [0.4, 0.5) is 0 Å². The summed E-state index contributed by atoms with van der Waals surface area (Å²) in [6.45, 7) is 25.4. The van der Waals surface area contributed by atoms with E-state index in [1.807, 2.05) is 0 Å².